The van der Waals surface area contributed by atoms with Gasteiger partial charge in [-0.2, -0.15) is 0 Å². The number of hydrogen-bond acceptors (Lipinski definition) is 3. The molecule has 0 aliphatic carbocycles. The molecule has 0 heterocycles. The fourth-order valence-corrected chi connectivity index (χ4v) is 2.14. The fraction of sp³-hybridized carbons (Fsp3) is 0.571. The zero-order chi connectivity index (χ0) is 14.4. The minimum Gasteiger partial charge on any atom is -0.489 e. The molecule has 1 aromatic rings. The summed E-state index contributed by atoms with van der Waals surface area (Å²) in [5, 5.41) is 10.1. The summed E-state index contributed by atoms with van der Waals surface area (Å²) in [6.07, 6.45) is 1.74. The van der Waals surface area contributed by atoms with E-state index in [0.717, 1.165) is 12.8 Å². The number of unbranched alkanes of at least 4 members (excludes halogenated alkanes) is 1. The van der Waals surface area contributed by atoms with E-state index in [0.29, 0.717) is 18.6 Å². The van der Waals surface area contributed by atoms with Gasteiger partial charge in [-0.25, -0.2) is 4.39 Å². The van der Waals surface area contributed by atoms with Crippen molar-refractivity contribution in [2.24, 2.45) is 5.73 Å². The highest BCUT2D eigenvalue weighted by Gasteiger charge is 2.20. The summed E-state index contributed by atoms with van der Waals surface area (Å²) >= 11 is 5.96. The summed E-state index contributed by atoms with van der Waals surface area (Å²) in [7, 11) is 0. The largest absolute Gasteiger partial charge is 0.489 e. The average Bonchev–Trinajstić information content (AvgIpc) is 2.39. The SMILES string of the molecule is CCCC[C@H](O)[C@H](N)c1cc(F)c(OCC)c(Cl)c1. The first-order valence-electron chi connectivity index (χ1n) is 6.56. The van der Waals surface area contributed by atoms with Crippen LogP contribution < -0.4 is 10.5 Å². The first kappa shape index (κ1) is 16.2. The van der Waals surface area contributed by atoms with Crippen molar-refractivity contribution >= 4 is 11.6 Å². The first-order valence-corrected chi connectivity index (χ1v) is 6.94. The van der Waals surface area contributed by atoms with Crippen molar-refractivity contribution in [2.45, 2.75) is 45.3 Å². The molecule has 5 heteroatoms. The average molecular weight is 290 g/mol. The third-order valence-electron chi connectivity index (χ3n) is 2.96. The molecule has 2 atom stereocenters. The van der Waals surface area contributed by atoms with Gasteiger partial charge in [-0.1, -0.05) is 31.4 Å². The number of rotatable bonds is 7. The van der Waals surface area contributed by atoms with Crippen LogP contribution in [0.25, 0.3) is 0 Å². The van der Waals surface area contributed by atoms with Gasteiger partial charge in [-0.05, 0) is 31.0 Å². The number of ether oxygens (including phenoxy) is 1. The zero-order valence-electron chi connectivity index (χ0n) is 11.3. The molecule has 3 N–H and O–H groups in total. The van der Waals surface area contributed by atoms with E-state index in [1.165, 1.54) is 6.07 Å². The molecular formula is C14H21ClFNO2. The lowest BCUT2D eigenvalue weighted by atomic mass is 9.98. The summed E-state index contributed by atoms with van der Waals surface area (Å²) in [5.74, 6) is -0.523. The van der Waals surface area contributed by atoms with Crippen molar-refractivity contribution in [1.82, 2.24) is 0 Å². The van der Waals surface area contributed by atoms with E-state index in [2.05, 4.69) is 0 Å². The Balaban J connectivity index is 2.89. The van der Waals surface area contributed by atoms with Crippen molar-refractivity contribution in [3.63, 3.8) is 0 Å². The molecule has 3 nitrogen and oxygen atoms in total. The first-order chi connectivity index (χ1) is 9.01. The van der Waals surface area contributed by atoms with Crippen LogP contribution in [0.3, 0.4) is 0 Å². The predicted molar refractivity (Wildman–Crippen MR) is 75.0 cm³/mol. The zero-order valence-corrected chi connectivity index (χ0v) is 12.1. The standard InChI is InChI=1S/C14H21ClFNO2/c1-3-5-6-12(18)13(17)9-7-10(15)14(19-4-2)11(16)8-9/h7-8,12-13,18H,3-6,17H2,1-2H3/t12-,13+/m0/s1. The van der Waals surface area contributed by atoms with Crippen molar-refractivity contribution < 1.29 is 14.2 Å². The van der Waals surface area contributed by atoms with Crippen LogP contribution in [0, 0.1) is 5.82 Å². The smallest absolute Gasteiger partial charge is 0.173 e. The molecule has 108 valence electrons. The summed E-state index contributed by atoms with van der Waals surface area (Å²) < 4.78 is 18.9. The molecule has 0 amide bonds. The maximum absolute atomic E-state index is 13.8. The lowest BCUT2D eigenvalue weighted by Gasteiger charge is -2.20. The van der Waals surface area contributed by atoms with Gasteiger partial charge < -0.3 is 15.6 Å². The molecule has 0 radical (unpaired) electrons. The molecule has 1 aromatic carbocycles. The van der Waals surface area contributed by atoms with Crippen molar-refractivity contribution in [3.05, 3.63) is 28.5 Å². The second kappa shape index (κ2) is 7.68. The monoisotopic (exact) mass is 289 g/mol. The Bertz CT molecular complexity index is 391. The lowest BCUT2D eigenvalue weighted by molar-refractivity contribution is 0.132. The summed E-state index contributed by atoms with van der Waals surface area (Å²) in [4.78, 5) is 0. The highest BCUT2D eigenvalue weighted by molar-refractivity contribution is 6.32. The Kier molecular flexibility index (Phi) is 6.55. The molecule has 0 fully saturated rings. The van der Waals surface area contributed by atoms with Gasteiger partial charge in [0.05, 0.1) is 23.8 Å². The summed E-state index contributed by atoms with van der Waals surface area (Å²) in [5.41, 5.74) is 6.41. The van der Waals surface area contributed by atoms with Gasteiger partial charge in [-0.3, -0.25) is 0 Å². The van der Waals surface area contributed by atoms with Crippen molar-refractivity contribution in [2.75, 3.05) is 6.61 Å². The summed E-state index contributed by atoms with van der Waals surface area (Å²) in [6.45, 7) is 4.12. The van der Waals surface area contributed by atoms with Gasteiger partial charge in [0.15, 0.2) is 11.6 Å². The number of halogens is 2. The molecule has 0 saturated heterocycles. The molecular weight excluding hydrogens is 269 g/mol. The van der Waals surface area contributed by atoms with Crippen LogP contribution >= 0.6 is 11.6 Å². The van der Waals surface area contributed by atoms with Crippen LogP contribution in [0.4, 0.5) is 4.39 Å². The van der Waals surface area contributed by atoms with Crippen LogP contribution in [0.2, 0.25) is 5.02 Å². The van der Waals surface area contributed by atoms with Gasteiger partial charge in [0.25, 0.3) is 0 Å². The second-order valence-corrected chi connectivity index (χ2v) is 4.89. The molecule has 0 spiro atoms. The Hall–Kier alpha value is -0.840. The van der Waals surface area contributed by atoms with E-state index >= 15 is 0 Å². The topological polar surface area (TPSA) is 55.5 Å². The number of aliphatic hydroxyl groups excluding tert-OH is 1. The highest BCUT2D eigenvalue weighted by Crippen LogP contribution is 2.32. The van der Waals surface area contributed by atoms with Crippen LogP contribution in [-0.4, -0.2) is 17.8 Å². The third kappa shape index (κ3) is 4.34. The molecule has 1 rings (SSSR count). The van der Waals surface area contributed by atoms with Crippen LogP contribution in [0.15, 0.2) is 12.1 Å². The molecule has 0 aliphatic rings. The highest BCUT2D eigenvalue weighted by atomic mass is 35.5. The second-order valence-electron chi connectivity index (χ2n) is 4.48. The van der Waals surface area contributed by atoms with Gasteiger partial charge in [0.2, 0.25) is 0 Å². The number of aliphatic hydroxyl groups is 1. The number of benzene rings is 1. The van der Waals surface area contributed by atoms with E-state index in [-0.39, 0.29) is 10.8 Å². The molecule has 0 bridgehead atoms. The molecule has 0 aromatic heterocycles. The Labute approximate surface area is 118 Å². The molecule has 19 heavy (non-hydrogen) atoms. The van der Waals surface area contributed by atoms with Crippen LogP contribution in [0.5, 0.6) is 5.75 Å². The van der Waals surface area contributed by atoms with Gasteiger partial charge in [0.1, 0.15) is 0 Å². The maximum atomic E-state index is 13.8. The van der Waals surface area contributed by atoms with Crippen molar-refractivity contribution in [1.29, 1.82) is 0 Å². The number of nitrogens with two attached hydrogens (primary N) is 1. The van der Waals surface area contributed by atoms with Crippen molar-refractivity contribution in [3.8, 4) is 5.75 Å². The third-order valence-corrected chi connectivity index (χ3v) is 3.24. The predicted octanol–water partition coefficient (Wildman–Crippen LogP) is 3.43. The number of hydrogen-bond donors (Lipinski definition) is 2. The summed E-state index contributed by atoms with van der Waals surface area (Å²) in [6, 6.07) is 2.18. The van der Waals surface area contributed by atoms with Gasteiger partial charge in [0, 0.05) is 0 Å². The fourth-order valence-electron chi connectivity index (χ4n) is 1.87. The molecule has 0 saturated carbocycles. The van der Waals surface area contributed by atoms with E-state index in [1.807, 2.05) is 6.92 Å². The Morgan fingerprint density at radius 3 is 2.63 bits per heavy atom. The van der Waals surface area contributed by atoms with E-state index in [4.69, 9.17) is 22.1 Å². The minimum atomic E-state index is -0.701. The minimum absolute atomic E-state index is 0.0307. The van der Waals surface area contributed by atoms with Gasteiger partial charge >= 0.3 is 0 Å². The Morgan fingerprint density at radius 1 is 1.42 bits per heavy atom. The van der Waals surface area contributed by atoms with Crippen LogP contribution in [-0.2, 0) is 0 Å². The Morgan fingerprint density at radius 2 is 2.11 bits per heavy atom. The van der Waals surface area contributed by atoms with E-state index in [9.17, 15) is 9.50 Å². The lowest BCUT2D eigenvalue weighted by Crippen LogP contribution is -2.26. The quantitative estimate of drug-likeness (QED) is 0.808. The van der Waals surface area contributed by atoms with Crippen LogP contribution in [0.1, 0.15) is 44.7 Å². The molecule has 0 unspecified atom stereocenters. The van der Waals surface area contributed by atoms with E-state index in [1.54, 1.807) is 13.0 Å². The normalized spacial score (nSPS) is 14.2. The molecule has 0 aliphatic heterocycles. The maximum Gasteiger partial charge on any atom is 0.173 e. The van der Waals surface area contributed by atoms with Gasteiger partial charge in [-0.15, -0.1) is 0 Å². The van der Waals surface area contributed by atoms with E-state index < -0.39 is 18.0 Å².